The van der Waals surface area contributed by atoms with Crippen molar-refractivity contribution in [1.82, 2.24) is 4.90 Å². The van der Waals surface area contributed by atoms with Gasteiger partial charge in [0.15, 0.2) is 0 Å². The Morgan fingerprint density at radius 3 is 2.48 bits per heavy atom. The molecular weight excluding hydrogens is 318 g/mol. The maximum Gasteiger partial charge on any atom is 0.253 e. The maximum atomic E-state index is 12.6. The van der Waals surface area contributed by atoms with E-state index in [1.807, 2.05) is 29.2 Å². The van der Waals surface area contributed by atoms with Crippen LogP contribution in [-0.2, 0) is 9.47 Å². The van der Waals surface area contributed by atoms with Crippen LogP contribution in [0.4, 0.5) is 0 Å². The highest BCUT2D eigenvalue weighted by Gasteiger charge is 2.23. The molecule has 1 aromatic rings. The first-order valence-electron chi connectivity index (χ1n) is 9.33. The van der Waals surface area contributed by atoms with E-state index in [1.165, 1.54) is 0 Å². The number of likely N-dealkylation sites (tertiary alicyclic amines) is 1. The Morgan fingerprint density at radius 2 is 1.84 bits per heavy atom. The van der Waals surface area contributed by atoms with Crippen LogP contribution >= 0.6 is 0 Å². The van der Waals surface area contributed by atoms with Crippen molar-refractivity contribution < 1.29 is 19.0 Å². The summed E-state index contributed by atoms with van der Waals surface area (Å²) >= 11 is 0. The van der Waals surface area contributed by atoms with Crippen molar-refractivity contribution in [1.29, 1.82) is 0 Å². The average Bonchev–Trinajstić information content (AvgIpc) is 2.66. The van der Waals surface area contributed by atoms with Crippen molar-refractivity contribution in [2.24, 2.45) is 5.92 Å². The van der Waals surface area contributed by atoms with Gasteiger partial charge in [0.1, 0.15) is 5.75 Å². The van der Waals surface area contributed by atoms with Gasteiger partial charge < -0.3 is 19.1 Å². The van der Waals surface area contributed by atoms with E-state index in [0.29, 0.717) is 19.1 Å². The summed E-state index contributed by atoms with van der Waals surface area (Å²) < 4.78 is 16.2. The summed E-state index contributed by atoms with van der Waals surface area (Å²) in [5.41, 5.74) is 0.734. The Hall–Kier alpha value is -1.59. The number of piperidine rings is 1. The number of carbonyl (C=O) groups is 1. The Kier molecular flexibility index (Phi) is 8.77. The predicted octanol–water partition coefficient (Wildman–Crippen LogP) is 3.38. The first kappa shape index (κ1) is 19.7. The van der Waals surface area contributed by atoms with Crippen LogP contribution < -0.4 is 4.74 Å². The van der Waals surface area contributed by atoms with Crippen molar-refractivity contribution in [3.8, 4) is 5.75 Å². The molecule has 140 valence electrons. The second-order valence-electron chi connectivity index (χ2n) is 6.53. The fourth-order valence-electron chi connectivity index (χ4n) is 2.91. The highest BCUT2D eigenvalue weighted by atomic mass is 16.5. The van der Waals surface area contributed by atoms with E-state index >= 15 is 0 Å². The van der Waals surface area contributed by atoms with Crippen LogP contribution in [0, 0.1) is 5.92 Å². The second kappa shape index (κ2) is 11.1. The monoisotopic (exact) mass is 349 g/mol. The number of amides is 1. The molecule has 1 heterocycles. The number of carbonyl (C=O) groups excluding carboxylic acids is 1. The first-order valence-corrected chi connectivity index (χ1v) is 9.33. The molecule has 1 fully saturated rings. The van der Waals surface area contributed by atoms with Gasteiger partial charge in [0.25, 0.3) is 5.91 Å². The lowest BCUT2D eigenvalue weighted by Gasteiger charge is -2.32. The van der Waals surface area contributed by atoms with E-state index < -0.39 is 0 Å². The number of rotatable bonds is 10. The number of ether oxygens (including phenoxy) is 3. The predicted molar refractivity (Wildman–Crippen MR) is 98.2 cm³/mol. The number of methoxy groups -OCH3 is 1. The van der Waals surface area contributed by atoms with Gasteiger partial charge in [0.2, 0.25) is 0 Å². The van der Waals surface area contributed by atoms with Crippen LogP contribution in [0.1, 0.15) is 43.0 Å². The molecule has 0 N–H and O–H groups in total. The van der Waals surface area contributed by atoms with Gasteiger partial charge in [-0.2, -0.15) is 0 Å². The highest BCUT2D eigenvalue weighted by Crippen LogP contribution is 2.20. The fourth-order valence-corrected chi connectivity index (χ4v) is 2.91. The van der Waals surface area contributed by atoms with Gasteiger partial charge >= 0.3 is 0 Å². The normalized spacial score (nSPS) is 15.4. The standard InChI is InChI=1S/C20H31NO4/c1-3-4-13-25-19-7-5-18(6-8-19)20(22)21-11-9-17(10-12-21)16-24-15-14-23-2/h5-8,17H,3-4,9-16H2,1-2H3. The quantitative estimate of drug-likeness (QED) is 0.608. The zero-order valence-corrected chi connectivity index (χ0v) is 15.5. The average molecular weight is 349 g/mol. The minimum absolute atomic E-state index is 0.110. The summed E-state index contributed by atoms with van der Waals surface area (Å²) in [6.45, 7) is 6.49. The molecular formula is C20H31NO4. The summed E-state index contributed by atoms with van der Waals surface area (Å²) in [6, 6.07) is 7.51. The molecule has 25 heavy (non-hydrogen) atoms. The van der Waals surface area contributed by atoms with Gasteiger partial charge in [-0.3, -0.25) is 4.79 Å². The largest absolute Gasteiger partial charge is 0.494 e. The van der Waals surface area contributed by atoms with Crippen LogP contribution in [-0.4, -0.2) is 57.4 Å². The minimum Gasteiger partial charge on any atom is -0.494 e. The molecule has 5 heteroatoms. The third-order valence-corrected chi connectivity index (χ3v) is 4.55. The molecule has 1 amide bonds. The van der Waals surface area contributed by atoms with Crippen molar-refractivity contribution in [3.63, 3.8) is 0 Å². The lowest BCUT2D eigenvalue weighted by Crippen LogP contribution is -2.39. The Bertz CT molecular complexity index is 495. The summed E-state index contributed by atoms with van der Waals surface area (Å²) in [6.07, 6.45) is 4.16. The van der Waals surface area contributed by atoms with Gasteiger partial charge in [0.05, 0.1) is 19.8 Å². The summed E-state index contributed by atoms with van der Waals surface area (Å²) in [5, 5.41) is 0. The van der Waals surface area contributed by atoms with Crippen molar-refractivity contribution >= 4 is 5.91 Å². The van der Waals surface area contributed by atoms with Gasteiger partial charge in [-0.15, -0.1) is 0 Å². The molecule has 0 spiro atoms. The number of nitrogens with zero attached hydrogens (tertiary/aromatic N) is 1. The van der Waals surface area contributed by atoms with Crippen LogP contribution in [0.2, 0.25) is 0 Å². The van der Waals surface area contributed by atoms with E-state index in [1.54, 1.807) is 7.11 Å². The summed E-state index contributed by atoms with van der Waals surface area (Å²) in [5.74, 6) is 1.48. The summed E-state index contributed by atoms with van der Waals surface area (Å²) in [7, 11) is 1.68. The van der Waals surface area contributed by atoms with E-state index in [2.05, 4.69) is 6.92 Å². The molecule has 0 saturated carbocycles. The number of hydrogen-bond acceptors (Lipinski definition) is 4. The molecule has 0 aliphatic carbocycles. The smallest absolute Gasteiger partial charge is 0.253 e. The molecule has 0 radical (unpaired) electrons. The Morgan fingerprint density at radius 1 is 1.12 bits per heavy atom. The third-order valence-electron chi connectivity index (χ3n) is 4.55. The maximum absolute atomic E-state index is 12.6. The zero-order chi connectivity index (χ0) is 17.9. The number of unbranched alkanes of at least 4 members (excludes halogenated alkanes) is 1. The molecule has 1 saturated heterocycles. The van der Waals surface area contributed by atoms with E-state index in [4.69, 9.17) is 14.2 Å². The molecule has 2 rings (SSSR count). The first-order chi connectivity index (χ1) is 12.2. The highest BCUT2D eigenvalue weighted by molar-refractivity contribution is 5.94. The fraction of sp³-hybridized carbons (Fsp3) is 0.650. The Labute approximate surface area is 151 Å². The molecule has 0 aromatic heterocycles. The minimum atomic E-state index is 0.110. The summed E-state index contributed by atoms with van der Waals surface area (Å²) in [4.78, 5) is 14.6. The molecule has 0 atom stereocenters. The third kappa shape index (κ3) is 6.67. The second-order valence-corrected chi connectivity index (χ2v) is 6.53. The van der Waals surface area contributed by atoms with Crippen LogP contribution in [0.5, 0.6) is 5.75 Å². The van der Waals surface area contributed by atoms with Crippen molar-refractivity contribution in [3.05, 3.63) is 29.8 Å². The van der Waals surface area contributed by atoms with Crippen LogP contribution in [0.15, 0.2) is 24.3 Å². The van der Waals surface area contributed by atoms with E-state index in [0.717, 1.165) is 63.3 Å². The van der Waals surface area contributed by atoms with Gasteiger partial charge in [-0.25, -0.2) is 0 Å². The molecule has 1 aliphatic rings. The number of hydrogen-bond donors (Lipinski definition) is 0. The lowest BCUT2D eigenvalue weighted by atomic mass is 9.97. The zero-order valence-electron chi connectivity index (χ0n) is 15.5. The lowest BCUT2D eigenvalue weighted by molar-refractivity contribution is 0.0327. The van der Waals surface area contributed by atoms with Gasteiger partial charge in [-0.05, 0) is 49.4 Å². The SMILES string of the molecule is CCCCOc1ccc(C(=O)N2CCC(COCCOC)CC2)cc1. The molecule has 5 nitrogen and oxygen atoms in total. The van der Waals surface area contributed by atoms with E-state index in [9.17, 15) is 4.79 Å². The Balaban J connectivity index is 1.74. The molecule has 0 unspecified atom stereocenters. The van der Waals surface area contributed by atoms with Crippen LogP contribution in [0.25, 0.3) is 0 Å². The van der Waals surface area contributed by atoms with Crippen LogP contribution in [0.3, 0.4) is 0 Å². The molecule has 0 bridgehead atoms. The number of benzene rings is 1. The van der Waals surface area contributed by atoms with Crippen molar-refractivity contribution in [2.45, 2.75) is 32.6 Å². The molecule has 1 aliphatic heterocycles. The topological polar surface area (TPSA) is 48.0 Å². The van der Waals surface area contributed by atoms with Gasteiger partial charge in [-0.1, -0.05) is 13.3 Å². The van der Waals surface area contributed by atoms with Crippen molar-refractivity contribution in [2.75, 3.05) is 46.6 Å². The molecule has 1 aromatic carbocycles. The van der Waals surface area contributed by atoms with E-state index in [-0.39, 0.29) is 5.91 Å². The van der Waals surface area contributed by atoms with Gasteiger partial charge in [0, 0.05) is 32.4 Å².